The summed E-state index contributed by atoms with van der Waals surface area (Å²) in [6.45, 7) is 2.44. The van der Waals surface area contributed by atoms with Gasteiger partial charge in [-0.2, -0.15) is 0 Å². The van der Waals surface area contributed by atoms with Gasteiger partial charge in [-0.25, -0.2) is 0 Å². The van der Waals surface area contributed by atoms with Gasteiger partial charge in [-0.1, -0.05) is 43.0 Å². The summed E-state index contributed by atoms with van der Waals surface area (Å²) in [7, 11) is 0. The molecule has 21 heavy (non-hydrogen) atoms. The number of benzene rings is 2. The van der Waals surface area contributed by atoms with E-state index in [0.29, 0.717) is 19.4 Å². The van der Waals surface area contributed by atoms with Crippen molar-refractivity contribution in [3.05, 3.63) is 47.5 Å². The minimum Gasteiger partial charge on any atom is -0.369 e. The van der Waals surface area contributed by atoms with Gasteiger partial charge in [-0.05, 0) is 34.9 Å². The summed E-state index contributed by atoms with van der Waals surface area (Å²) in [4.78, 5) is 11.1. The molecule has 0 saturated carbocycles. The number of primary amides is 1. The number of nitrogens with two attached hydrogens (primary N) is 2. The van der Waals surface area contributed by atoms with Crippen LogP contribution < -0.4 is 11.5 Å². The van der Waals surface area contributed by atoms with Crippen LogP contribution in [0, 0.1) is 17.8 Å². The van der Waals surface area contributed by atoms with Crippen molar-refractivity contribution in [3.63, 3.8) is 0 Å². The van der Waals surface area contributed by atoms with Gasteiger partial charge in [0.1, 0.15) is 0 Å². The Kier molecular flexibility index (Phi) is 4.97. The third kappa shape index (κ3) is 4.08. The molecule has 3 nitrogen and oxygen atoms in total. The van der Waals surface area contributed by atoms with Crippen LogP contribution in [0.25, 0.3) is 10.8 Å². The van der Waals surface area contributed by atoms with E-state index in [1.807, 2.05) is 19.1 Å². The molecule has 2 aromatic rings. The Bertz CT molecular complexity index is 710. The topological polar surface area (TPSA) is 69.1 Å². The van der Waals surface area contributed by atoms with E-state index in [1.54, 1.807) is 0 Å². The molecule has 108 valence electrons. The zero-order chi connectivity index (χ0) is 15.2. The molecule has 0 bridgehead atoms. The molecule has 3 heteroatoms. The molecule has 0 fully saturated rings. The Morgan fingerprint density at radius 3 is 2.62 bits per heavy atom. The lowest BCUT2D eigenvalue weighted by atomic mass is 9.97. The van der Waals surface area contributed by atoms with E-state index in [2.05, 4.69) is 36.1 Å². The highest BCUT2D eigenvalue weighted by Gasteiger charge is 2.09. The fourth-order valence-corrected chi connectivity index (χ4v) is 2.19. The zero-order valence-corrected chi connectivity index (χ0v) is 12.2. The van der Waals surface area contributed by atoms with Crippen molar-refractivity contribution in [1.82, 2.24) is 0 Å². The molecule has 0 aliphatic rings. The van der Waals surface area contributed by atoms with Crippen molar-refractivity contribution < 1.29 is 4.79 Å². The molecule has 0 radical (unpaired) electrons. The molecule has 1 amide bonds. The smallest absolute Gasteiger partial charge is 0.220 e. The predicted molar refractivity (Wildman–Crippen MR) is 86.6 cm³/mol. The van der Waals surface area contributed by atoms with Crippen molar-refractivity contribution in [1.29, 1.82) is 0 Å². The quantitative estimate of drug-likeness (QED) is 0.843. The van der Waals surface area contributed by atoms with Gasteiger partial charge in [0.15, 0.2) is 0 Å². The Labute approximate surface area is 125 Å². The molecule has 0 unspecified atom stereocenters. The van der Waals surface area contributed by atoms with E-state index in [-0.39, 0.29) is 11.8 Å². The first-order chi connectivity index (χ1) is 10.1. The molecule has 0 heterocycles. The molecular weight excluding hydrogens is 260 g/mol. The molecular formula is C18H20N2O. The molecule has 0 aliphatic heterocycles. The highest BCUT2D eigenvalue weighted by molar-refractivity contribution is 5.85. The van der Waals surface area contributed by atoms with E-state index >= 15 is 0 Å². The van der Waals surface area contributed by atoms with E-state index in [1.165, 1.54) is 0 Å². The number of rotatable bonds is 4. The maximum atomic E-state index is 11.1. The maximum Gasteiger partial charge on any atom is 0.220 e. The second kappa shape index (κ2) is 6.92. The molecule has 0 saturated heterocycles. The van der Waals surface area contributed by atoms with Gasteiger partial charge >= 0.3 is 0 Å². The SMILES string of the molecule is C[C@@H](Cc1ccc2cc(C#CCCN)ccc2c1)C(N)=O. The number of carbonyl (C=O) groups is 1. The molecule has 0 aliphatic carbocycles. The van der Waals surface area contributed by atoms with Gasteiger partial charge in [-0.15, -0.1) is 0 Å². The fraction of sp³-hybridized carbons (Fsp3) is 0.278. The van der Waals surface area contributed by atoms with Crippen LogP contribution in [0.5, 0.6) is 0 Å². The van der Waals surface area contributed by atoms with Crippen LogP contribution in [0.2, 0.25) is 0 Å². The first-order valence-electron chi connectivity index (χ1n) is 7.11. The van der Waals surface area contributed by atoms with Gasteiger partial charge in [0.25, 0.3) is 0 Å². The maximum absolute atomic E-state index is 11.1. The zero-order valence-electron chi connectivity index (χ0n) is 12.2. The molecule has 0 aromatic heterocycles. The first kappa shape index (κ1) is 15.1. The van der Waals surface area contributed by atoms with Crippen LogP contribution in [-0.4, -0.2) is 12.5 Å². The summed E-state index contributed by atoms with van der Waals surface area (Å²) in [5.41, 5.74) is 12.9. The van der Waals surface area contributed by atoms with Crippen molar-refractivity contribution in [2.45, 2.75) is 19.8 Å². The molecule has 4 N–H and O–H groups in total. The Balaban J connectivity index is 2.24. The van der Waals surface area contributed by atoms with Gasteiger partial charge in [0.2, 0.25) is 5.91 Å². The van der Waals surface area contributed by atoms with Crippen LogP contribution in [0.3, 0.4) is 0 Å². The lowest BCUT2D eigenvalue weighted by Gasteiger charge is -2.08. The summed E-state index contributed by atoms with van der Waals surface area (Å²) in [6.07, 6.45) is 1.38. The van der Waals surface area contributed by atoms with Crippen LogP contribution in [0.4, 0.5) is 0 Å². The third-order valence-corrected chi connectivity index (χ3v) is 3.43. The Hall–Kier alpha value is -2.31. The van der Waals surface area contributed by atoms with Gasteiger partial charge in [-0.3, -0.25) is 4.79 Å². The fourth-order valence-electron chi connectivity index (χ4n) is 2.19. The average Bonchev–Trinajstić information content (AvgIpc) is 2.47. The lowest BCUT2D eigenvalue weighted by molar-refractivity contribution is -0.121. The van der Waals surface area contributed by atoms with Crippen LogP contribution in [-0.2, 0) is 11.2 Å². The highest BCUT2D eigenvalue weighted by atomic mass is 16.1. The lowest BCUT2D eigenvalue weighted by Crippen LogP contribution is -2.22. The average molecular weight is 280 g/mol. The van der Waals surface area contributed by atoms with Crippen molar-refractivity contribution in [3.8, 4) is 11.8 Å². The van der Waals surface area contributed by atoms with Crippen molar-refractivity contribution in [2.24, 2.45) is 17.4 Å². The van der Waals surface area contributed by atoms with E-state index in [9.17, 15) is 4.79 Å². The number of hydrogen-bond donors (Lipinski definition) is 2. The number of carbonyl (C=O) groups excluding carboxylic acids is 1. The standard InChI is InChI=1S/C18H20N2O/c1-13(18(20)21)10-15-6-8-16-11-14(4-2-3-9-19)5-7-17(16)12-15/h5-8,11-13H,3,9-10,19H2,1H3,(H2,20,21)/t13-/m0/s1. The van der Waals surface area contributed by atoms with E-state index < -0.39 is 0 Å². The summed E-state index contributed by atoms with van der Waals surface area (Å²) in [5, 5.41) is 2.29. The third-order valence-electron chi connectivity index (χ3n) is 3.43. The first-order valence-corrected chi connectivity index (χ1v) is 7.11. The van der Waals surface area contributed by atoms with Gasteiger partial charge in [0, 0.05) is 24.4 Å². The second-order valence-corrected chi connectivity index (χ2v) is 5.24. The minimum absolute atomic E-state index is 0.149. The highest BCUT2D eigenvalue weighted by Crippen LogP contribution is 2.19. The van der Waals surface area contributed by atoms with E-state index in [0.717, 1.165) is 21.9 Å². The Morgan fingerprint density at radius 1 is 1.19 bits per heavy atom. The normalized spacial score (nSPS) is 11.7. The van der Waals surface area contributed by atoms with E-state index in [4.69, 9.17) is 11.5 Å². The second-order valence-electron chi connectivity index (χ2n) is 5.24. The number of fused-ring (bicyclic) bond motifs is 1. The minimum atomic E-state index is -0.263. The number of hydrogen-bond acceptors (Lipinski definition) is 2. The van der Waals surface area contributed by atoms with Crippen molar-refractivity contribution in [2.75, 3.05) is 6.54 Å². The predicted octanol–water partition coefficient (Wildman–Crippen LogP) is 2.20. The van der Waals surface area contributed by atoms with Gasteiger partial charge < -0.3 is 11.5 Å². The van der Waals surface area contributed by atoms with Crippen molar-refractivity contribution >= 4 is 16.7 Å². The summed E-state index contributed by atoms with van der Waals surface area (Å²) < 4.78 is 0. The monoisotopic (exact) mass is 280 g/mol. The summed E-state index contributed by atoms with van der Waals surface area (Å²) in [6, 6.07) is 12.3. The van der Waals surface area contributed by atoms with Crippen LogP contribution >= 0.6 is 0 Å². The van der Waals surface area contributed by atoms with Crippen LogP contribution in [0.1, 0.15) is 24.5 Å². The van der Waals surface area contributed by atoms with Gasteiger partial charge in [0.05, 0.1) is 0 Å². The Morgan fingerprint density at radius 2 is 1.90 bits per heavy atom. The molecule has 2 rings (SSSR count). The summed E-state index contributed by atoms with van der Waals surface area (Å²) in [5.74, 6) is 5.74. The van der Waals surface area contributed by atoms with Crippen LogP contribution in [0.15, 0.2) is 36.4 Å². The largest absolute Gasteiger partial charge is 0.369 e. The molecule has 1 atom stereocenters. The molecule has 0 spiro atoms. The summed E-state index contributed by atoms with van der Waals surface area (Å²) >= 11 is 0. The molecule has 2 aromatic carbocycles. The number of amides is 1.